The maximum atomic E-state index is 10.7. The van der Waals surface area contributed by atoms with Gasteiger partial charge in [0.25, 0.3) is 9.05 Å². The topological polar surface area (TPSA) is 54.4 Å². The first kappa shape index (κ1) is 9.64. The minimum absolute atomic E-state index is 0.0825. The zero-order valence-corrected chi connectivity index (χ0v) is 7.99. The molecular formula is C6H4Cl2O3S. The van der Waals surface area contributed by atoms with E-state index in [9.17, 15) is 8.42 Å². The summed E-state index contributed by atoms with van der Waals surface area (Å²) in [6, 6.07) is 3.46. The molecule has 0 aromatic heterocycles. The van der Waals surface area contributed by atoms with Crippen molar-refractivity contribution in [1.29, 1.82) is 0 Å². The minimum Gasteiger partial charge on any atom is -0.506 e. The molecule has 3 nitrogen and oxygen atoms in total. The number of phenolic OH excluding ortho intramolecular Hbond substituents is 1. The molecule has 1 rings (SSSR count). The van der Waals surface area contributed by atoms with E-state index in [4.69, 9.17) is 27.4 Å². The van der Waals surface area contributed by atoms with E-state index >= 15 is 0 Å². The zero-order chi connectivity index (χ0) is 9.35. The zero-order valence-electron chi connectivity index (χ0n) is 5.66. The second kappa shape index (κ2) is 3.12. The third-order valence-corrected chi connectivity index (χ3v) is 2.87. The molecule has 0 unspecified atom stereocenters. The van der Waals surface area contributed by atoms with Crippen LogP contribution in [0.4, 0.5) is 0 Å². The molecule has 1 N–H and O–H groups in total. The average molecular weight is 227 g/mol. The van der Waals surface area contributed by atoms with E-state index in [1.165, 1.54) is 12.1 Å². The number of hydrogen-bond acceptors (Lipinski definition) is 3. The van der Waals surface area contributed by atoms with Crippen LogP contribution in [0.1, 0.15) is 0 Å². The highest BCUT2D eigenvalue weighted by Crippen LogP contribution is 2.27. The van der Waals surface area contributed by atoms with Gasteiger partial charge < -0.3 is 5.11 Å². The van der Waals surface area contributed by atoms with Crippen molar-refractivity contribution in [3.8, 4) is 5.75 Å². The fourth-order valence-corrected chi connectivity index (χ4v) is 1.53. The van der Waals surface area contributed by atoms with Crippen LogP contribution in [-0.2, 0) is 9.05 Å². The summed E-state index contributed by atoms with van der Waals surface area (Å²) < 4.78 is 21.4. The summed E-state index contributed by atoms with van der Waals surface area (Å²) in [5, 5.41) is 9.09. The molecule has 6 heteroatoms. The van der Waals surface area contributed by atoms with Crippen LogP contribution in [0, 0.1) is 0 Å². The van der Waals surface area contributed by atoms with Crippen molar-refractivity contribution >= 4 is 31.3 Å². The maximum Gasteiger partial charge on any atom is 0.261 e. The van der Waals surface area contributed by atoms with Crippen molar-refractivity contribution < 1.29 is 13.5 Å². The van der Waals surface area contributed by atoms with Crippen LogP contribution in [0.5, 0.6) is 5.75 Å². The fraction of sp³-hybridized carbons (Fsp3) is 0. The van der Waals surface area contributed by atoms with Crippen molar-refractivity contribution in [3.05, 3.63) is 23.2 Å². The lowest BCUT2D eigenvalue weighted by Gasteiger charge is -1.98. The highest BCUT2D eigenvalue weighted by Gasteiger charge is 2.11. The highest BCUT2D eigenvalue weighted by atomic mass is 35.7. The van der Waals surface area contributed by atoms with Gasteiger partial charge in [0.2, 0.25) is 0 Å². The second-order valence-corrected chi connectivity index (χ2v) is 5.02. The fourth-order valence-electron chi connectivity index (χ4n) is 0.644. The molecule has 0 radical (unpaired) electrons. The molecule has 0 bridgehead atoms. The third-order valence-electron chi connectivity index (χ3n) is 1.20. The molecule has 0 atom stereocenters. The van der Waals surface area contributed by atoms with Crippen LogP contribution >= 0.6 is 22.3 Å². The van der Waals surface area contributed by atoms with Gasteiger partial charge in [-0.15, -0.1) is 0 Å². The van der Waals surface area contributed by atoms with Gasteiger partial charge in [-0.3, -0.25) is 0 Å². The minimum atomic E-state index is -3.79. The largest absolute Gasteiger partial charge is 0.506 e. The number of halogens is 2. The van der Waals surface area contributed by atoms with Gasteiger partial charge in [0.15, 0.2) is 0 Å². The van der Waals surface area contributed by atoms with Crippen molar-refractivity contribution in [2.24, 2.45) is 0 Å². The molecule has 0 spiro atoms. The summed E-state index contributed by atoms with van der Waals surface area (Å²) >= 11 is 5.44. The smallest absolute Gasteiger partial charge is 0.261 e. The predicted molar refractivity (Wildman–Crippen MR) is 46.2 cm³/mol. The molecule has 0 aliphatic carbocycles. The summed E-state index contributed by atoms with van der Waals surface area (Å²) in [6.07, 6.45) is 0. The molecule has 1 aromatic rings. The first-order valence-electron chi connectivity index (χ1n) is 2.84. The van der Waals surface area contributed by atoms with E-state index in [0.29, 0.717) is 0 Å². The van der Waals surface area contributed by atoms with Gasteiger partial charge in [-0.1, -0.05) is 11.6 Å². The molecule has 0 aliphatic rings. The molecule has 0 saturated carbocycles. The van der Waals surface area contributed by atoms with Crippen molar-refractivity contribution in [3.63, 3.8) is 0 Å². The normalized spacial score (nSPS) is 11.5. The SMILES string of the molecule is O=S(=O)(Cl)c1ccc(Cl)c(O)c1. The van der Waals surface area contributed by atoms with Crippen LogP contribution in [0.15, 0.2) is 23.1 Å². The van der Waals surface area contributed by atoms with Gasteiger partial charge >= 0.3 is 0 Å². The molecule has 0 saturated heterocycles. The Bertz CT molecular complexity index is 399. The van der Waals surface area contributed by atoms with Crippen molar-refractivity contribution in [2.45, 2.75) is 4.90 Å². The van der Waals surface area contributed by atoms with E-state index in [0.717, 1.165) is 6.07 Å². The highest BCUT2D eigenvalue weighted by molar-refractivity contribution is 8.13. The molecule has 12 heavy (non-hydrogen) atoms. The third kappa shape index (κ3) is 2.03. The Morgan fingerprint density at radius 1 is 1.33 bits per heavy atom. The summed E-state index contributed by atoms with van der Waals surface area (Å²) in [5.41, 5.74) is 0. The summed E-state index contributed by atoms with van der Waals surface area (Å²) in [7, 11) is 1.21. The Morgan fingerprint density at radius 2 is 1.92 bits per heavy atom. The van der Waals surface area contributed by atoms with E-state index in [1.807, 2.05) is 0 Å². The summed E-state index contributed by atoms with van der Waals surface area (Å²) in [6.45, 7) is 0. The van der Waals surface area contributed by atoms with Gasteiger partial charge in [-0.2, -0.15) is 0 Å². The van der Waals surface area contributed by atoms with Crippen LogP contribution in [0.25, 0.3) is 0 Å². The standard InChI is InChI=1S/C6H4Cl2O3S/c7-5-2-1-4(3-6(5)9)12(8,10)11/h1-3,9H. The monoisotopic (exact) mass is 226 g/mol. The van der Waals surface area contributed by atoms with Gasteiger partial charge in [-0.05, 0) is 12.1 Å². The summed E-state index contributed by atoms with van der Waals surface area (Å²) in [5.74, 6) is -0.307. The average Bonchev–Trinajstić information content (AvgIpc) is 1.92. The molecule has 66 valence electrons. The van der Waals surface area contributed by atoms with E-state index < -0.39 is 9.05 Å². The van der Waals surface area contributed by atoms with Crippen LogP contribution in [0.2, 0.25) is 5.02 Å². The molecule has 1 aromatic carbocycles. The lowest BCUT2D eigenvalue weighted by atomic mass is 10.3. The Balaban J connectivity index is 3.33. The number of phenols is 1. The van der Waals surface area contributed by atoms with Crippen molar-refractivity contribution in [1.82, 2.24) is 0 Å². The van der Waals surface area contributed by atoms with Crippen LogP contribution in [0.3, 0.4) is 0 Å². The molecule has 0 fully saturated rings. The number of aromatic hydroxyl groups is 1. The second-order valence-electron chi connectivity index (χ2n) is 2.05. The molecular weight excluding hydrogens is 223 g/mol. The van der Waals surface area contributed by atoms with Crippen molar-refractivity contribution in [2.75, 3.05) is 0 Å². The lowest BCUT2D eigenvalue weighted by molar-refractivity contribution is 0.473. The Kier molecular flexibility index (Phi) is 2.51. The van der Waals surface area contributed by atoms with Gasteiger partial charge in [-0.25, -0.2) is 8.42 Å². The Morgan fingerprint density at radius 3 is 2.33 bits per heavy atom. The van der Waals surface area contributed by atoms with E-state index in [2.05, 4.69) is 0 Å². The van der Waals surface area contributed by atoms with Gasteiger partial charge in [0, 0.05) is 16.7 Å². The maximum absolute atomic E-state index is 10.7. The number of rotatable bonds is 1. The van der Waals surface area contributed by atoms with Crippen LogP contribution < -0.4 is 0 Å². The Hall–Kier alpha value is -0.450. The molecule has 0 aliphatic heterocycles. The van der Waals surface area contributed by atoms with Gasteiger partial charge in [0.1, 0.15) is 5.75 Å². The molecule has 0 amide bonds. The van der Waals surface area contributed by atoms with Crippen LogP contribution in [-0.4, -0.2) is 13.5 Å². The lowest BCUT2D eigenvalue weighted by Crippen LogP contribution is -1.89. The Labute approximate surface area is 79.0 Å². The first-order valence-corrected chi connectivity index (χ1v) is 5.53. The first-order chi connectivity index (χ1) is 5.41. The quantitative estimate of drug-likeness (QED) is 0.746. The predicted octanol–water partition coefficient (Wildman–Crippen LogP) is 1.97. The molecule has 0 heterocycles. The van der Waals surface area contributed by atoms with E-state index in [-0.39, 0.29) is 15.7 Å². The number of hydrogen-bond donors (Lipinski definition) is 1. The van der Waals surface area contributed by atoms with Gasteiger partial charge in [0.05, 0.1) is 9.92 Å². The number of benzene rings is 1. The van der Waals surface area contributed by atoms with E-state index in [1.54, 1.807) is 0 Å². The summed E-state index contributed by atoms with van der Waals surface area (Å²) in [4.78, 5) is -0.175.